The van der Waals surface area contributed by atoms with Gasteiger partial charge in [-0.15, -0.1) is 0 Å². The summed E-state index contributed by atoms with van der Waals surface area (Å²) >= 11 is 0. The van der Waals surface area contributed by atoms with Gasteiger partial charge < -0.3 is 29.5 Å². The number of benzene rings is 2. The van der Waals surface area contributed by atoms with Crippen molar-refractivity contribution >= 4 is 17.5 Å². The zero-order valence-corrected chi connectivity index (χ0v) is 29.2. The summed E-state index contributed by atoms with van der Waals surface area (Å²) in [6.45, 7) is 5.33. The molecule has 0 saturated carbocycles. The van der Waals surface area contributed by atoms with Crippen molar-refractivity contribution in [2.45, 2.75) is 90.4 Å². The lowest BCUT2D eigenvalue weighted by Gasteiger charge is -2.43. The number of phenolic OH excluding ortho intramolecular Hbond substituents is 1. The van der Waals surface area contributed by atoms with E-state index >= 15 is 0 Å². The van der Waals surface area contributed by atoms with E-state index in [0.717, 1.165) is 60.1 Å². The van der Waals surface area contributed by atoms with Crippen LogP contribution in [0.3, 0.4) is 0 Å². The SMILES string of the molecule is CC(C)(CCCCOc1ccc(/C(=C\CCCCC(=O)O)c2cccnc2)cc1)[C@H]1OC[C@@H](C/C=C\CCC(=O)O)[C@@H](c2ccccc2O)O1. The molecular weight excluding hydrogens is 634 g/mol. The highest BCUT2D eigenvalue weighted by Gasteiger charge is 2.40. The summed E-state index contributed by atoms with van der Waals surface area (Å²) in [6, 6.07) is 19.2. The number of allylic oxidation sites excluding steroid dienone is 3. The van der Waals surface area contributed by atoms with Crippen LogP contribution in [0, 0.1) is 11.3 Å². The molecule has 50 heavy (non-hydrogen) atoms. The summed E-state index contributed by atoms with van der Waals surface area (Å²) in [5, 5.41) is 28.5. The minimum absolute atomic E-state index is 0.0176. The van der Waals surface area contributed by atoms with Gasteiger partial charge in [0.25, 0.3) is 0 Å². The number of nitrogens with zero attached hydrogens (tertiary/aromatic N) is 1. The number of aromatic hydroxyl groups is 1. The number of aliphatic carboxylic acids is 2. The molecule has 3 N–H and O–H groups in total. The summed E-state index contributed by atoms with van der Waals surface area (Å²) in [5.41, 5.74) is 3.59. The Morgan fingerprint density at radius 1 is 0.900 bits per heavy atom. The van der Waals surface area contributed by atoms with Gasteiger partial charge in [0.15, 0.2) is 6.29 Å². The maximum atomic E-state index is 10.9. The van der Waals surface area contributed by atoms with Crippen LogP contribution in [0.15, 0.2) is 91.3 Å². The van der Waals surface area contributed by atoms with Crippen molar-refractivity contribution in [3.8, 4) is 11.5 Å². The number of carboxylic acids is 2. The van der Waals surface area contributed by atoms with Gasteiger partial charge in [0.2, 0.25) is 0 Å². The van der Waals surface area contributed by atoms with Crippen LogP contribution in [-0.2, 0) is 19.1 Å². The molecule has 1 aliphatic heterocycles. The van der Waals surface area contributed by atoms with E-state index in [1.54, 1.807) is 18.3 Å². The Bertz CT molecular complexity index is 1550. The van der Waals surface area contributed by atoms with E-state index in [1.165, 1.54) is 0 Å². The smallest absolute Gasteiger partial charge is 0.303 e. The highest BCUT2D eigenvalue weighted by Crippen LogP contribution is 2.43. The van der Waals surface area contributed by atoms with Crippen LogP contribution >= 0.6 is 0 Å². The van der Waals surface area contributed by atoms with Crippen molar-refractivity contribution in [3.63, 3.8) is 0 Å². The van der Waals surface area contributed by atoms with Crippen LogP contribution in [-0.4, -0.2) is 51.7 Å². The number of hydrogen-bond donors (Lipinski definition) is 3. The summed E-state index contributed by atoms with van der Waals surface area (Å²) < 4.78 is 19.0. The number of rotatable bonds is 20. The molecule has 2 heterocycles. The molecule has 0 amide bonds. The van der Waals surface area contributed by atoms with Gasteiger partial charge in [-0.2, -0.15) is 0 Å². The molecule has 3 aromatic rings. The Balaban J connectivity index is 1.28. The quantitative estimate of drug-likeness (QED) is 0.0786. The Labute approximate surface area is 295 Å². The average Bonchev–Trinajstić information content (AvgIpc) is 3.10. The van der Waals surface area contributed by atoms with Crippen molar-refractivity contribution in [1.82, 2.24) is 4.98 Å². The number of ether oxygens (including phenoxy) is 3. The fourth-order valence-corrected chi connectivity index (χ4v) is 6.15. The third kappa shape index (κ3) is 12.1. The van der Waals surface area contributed by atoms with E-state index in [-0.39, 0.29) is 36.0 Å². The second-order valence-corrected chi connectivity index (χ2v) is 13.5. The number of carbonyl (C=O) groups is 2. The fourth-order valence-electron chi connectivity index (χ4n) is 6.15. The second-order valence-electron chi connectivity index (χ2n) is 13.5. The molecule has 0 bridgehead atoms. The highest BCUT2D eigenvalue weighted by atomic mass is 16.7. The van der Waals surface area contributed by atoms with E-state index in [4.69, 9.17) is 24.4 Å². The van der Waals surface area contributed by atoms with E-state index in [9.17, 15) is 14.7 Å². The number of unbranched alkanes of at least 4 members (excludes halogenated alkanes) is 3. The molecule has 2 aromatic carbocycles. The van der Waals surface area contributed by atoms with E-state index in [1.807, 2.05) is 66.9 Å². The lowest BCUT2D eigenvalue weighted by atomic mass is 9.84. The van der Waals surface area contributed by atoms with Gasteiger partial charge >= 0.3 is 11.9 Å². The standard InChI is InChI=1S/C41H51NO8/c1-41(2,40-49-29-32(14-5-3-7-19-37(44)45)39(50-40)35-17-9-10-18-36(35)43)25-11-12-27-48-33-23-21-30(22-24-33)34(31-15-13-26-42-28-31)16-6-4-8-20-38(46)47/h3,5,9-10,13,15-18,21-24,26,28,32,39-40,43H,4,6-8,11-12,14,19-20,25,27,29H2,1-2H3,(H,44,45)(H,46,47)/b5-3-,34-16+/t32-,39+,40+/m1/s1. The molecule has 0 unspecified atom stereocenters. The molecule has 268 valence electrons. The highest BCUT2D eigenvalue weighted by molar-refractivity contribution is 5.79. The molecule has 9 nitrogen and oxygen atoms in total. The predicted octanol–water partition coefficient (Wildman–Crippen LogP) is 8.98. The molecular formula is C41H51NO8. The van der Waals surface area contributed by atoms with Crippen LogP contribution in [0.1, 0.15) is 101 Å². The number of para-hydroxylation sites is 1. The normalized spacial score (nSPS) is 18.3. The number of phenols is 1. The van der Waals surface area contributed by atoms with Gasteiger partial charge in [-0.05, 0) is 86.8 Å². The number of carboxylic acid groups (broad SMARTS) is 2. The maximum absolute atomic E-state index is 10.9. The second kappa shape index (κ2) is 19.6. The third-order valence-corrected chi connectivity index (χ3v) is 8.99. The van der Waals surface area contributed by atoms with Crippen LogP contribution in [0.5, 0.6) is 11.5 Å². The first-order valence-corrected chi connectivity index (χ1v) is 17.6. The third-order valence-electron chi connectivity index (χ3n) is 8.99. The molecule has 9 heteroatoms. The fraction of sp³-hybridized carbons (Fsp3) is 0.439. The lowest BCUT2D eigenvalue weighted by Crippen LogP contribution is -2.43. The van der Waals surface area contributed by atoms with Gasteiger partial charge in [-0.1, -0.05) is 68.5 Å². The van der Waals surface area contributed by atoms with E-state index < -0.39 is 18.2 Å². The summed E-state index contributed by atoms with van der Waals surface area (Å²) in [6.07, 6.45) is 15.1. The van der Waals surface area contributed by atoms with Crippen molar-refractivity contribution in [3.05, 3.63) is 108 Å². The van der Waals surface area contributed by atoms with Gasteiger partial charge in [0, 0.05) is 47.7 Å². The number of pyridine rings is 1. The molecule has 1 saturated heterocycles. The summed E-state index contributed by atoms with van der Waals surface area (Å²) in [7, 11) is 0. The average molecular weight is 686 g/mol. The Hall–Kier alpha value is -4.47. The molecule has 1 aromatic heterocycles. The molecule has 4 rings (SSSR count). The molecule has 0 aliphatic carbocycles. The van der Waals surface area contributed by atoms with Crippen LogP contribution < -0.4 is 4.74 Å². The monoisotopic (exact) mass is 685 g/mol. The van der Waals surface area contributed by atoms with Crippen LogP contribution in [0.4, 0.5) is 0 Å². The zero-order chi connectivity index (χ0) is 35.8. The van der Waals surface area contributed by atoms with Crippen molar-refractivity contribution < 1.29 is 39.1 Å². The van der Waals surface area contributed by atoms with Crippen molar-refractivity contribution in [2.75, 3.05) is 13.2 Å². The predicted molar refractivity (Wildman–Crippen MR) is 193 cm³/mol. The van der Waals surface area contributed by atoms with Gasteiger partial charge in [0.05, 0.1) is 19.3 Å². The lowest BCUT2D eigenvalue weighted by molar-refractivity contribution is -0.279. The topological polar surface area (TPSA) is 135 Å². The van der Waals surface area contributed by atoms with Crippen molar-refractivity contribution in [1.29, 1.82) is 0 Å². The molecule has 1 fully saturated rings. The Kier molecular flexibility index (Phi) is 15.1. The molecule has 3 atom stereocenters. The number of hydrogen-bond acceptors (Lipinski definition) is 7. The minimum Gasteiger partial charge on any atom is -0.508 e. The first-order valence-electron chi connectivity index (χ1n) is 17.6. The summed E-state index contributed by atoms with van der Waals surface area (Å²) in [4.78, 5) is 26.0. The van der Waals surface area contributed by atoms with Crippen LogP contribution in [0.25, 0.3) is 5.57 Å². The van der Waals surface area contributed by atoms with E-state index in [0.29, 0.717) is 32.5 Å². The molecule has 1 aliphatic rings. The first-order chi connectivity index (χ1) is 24.1. The first kappa shape index (κ1) is 38.3. The zero-order valence-electron chi connectivity index (χ0n) is 29.2. The molecule has 0 spiro atoms. The number of aromatic nitrogens is 1. The van der Waals surface area contributed by atoms with Crippen molar-refractivity contribution in [2.24, 2.45) is 11.3 Å². The summed E-state index contributed by atoms with van der Waals surface area (Å²) in [5.74, 6) is -0.610. The van der Waals surface area contributed by atoms with Gasteiger partial charge in [-0.3, -0.25) is 14.6 Å². The van der Waals surface area contributed by atoms with Crippen LogP contribution in [0.2, 0.25) is 0 Å². The Morgan fingerprint density at radius 3 is 2.40 bits per heavy atom. The molecule has 0 radical (unpaired) electrons. The van der Waals surface area contributed by atoms with Gasteiger partial charge in [-0.25, -0.2) is 0 Å². The minimum atomic E-state index is -0.819. The largest absolute Gasteiger partial charge is 0.508 e. The maximum Gasteiger partial charge on any atom is 0.303 e. The van der Waals surface area contributed by atoms with E-state index in [2.05, 4.69) is 24.9 Å². The van der Waals surface area contributed by atoms with Gasteiger partial charge in [0.1, 0.15) is 11.5 Å². The Morgan fingerprint density at radius 2 is 1.68 bits per heavy atom.